The summed E-state index contributed by atoms with van der Waals surface area (Å²) in [5.41, 5.74) is 0.829. The maximum absolute atomic E-state index is 12.9. The zero-order chi connectivity index (χ0) is 18.4. The summed E-state index contributed by atoms with van der Waals surface area (Å²) >= 11 is 0. The van der Waals surface area contributed by atoms with Crippen LogP contribution in [0.5, 0.6) is 0 Å². The highest BCUT2D eigenvalue weighted by atomic mass is 19.1. The Morgan fingerprint density at radius 1 is 1.15 bits per heavy atom. The number of anilines is 2. The lowest BCUT2D eigenvalue weighted by Gasteiger charge is -2.26. The SMILES string of the molecule is O=C(CCN1CCNCC1)Nc1c[nH]nc1C(=O)Nc1ccc(F)cc1. The summed E-state index contributed by atoms with van der Waals surface area (Å²) in [4.78, 5) is 26.7. The minimum absolute atomic E-state index is 0.0739. The summed E-state index contributed by atoms with van der Waals surface area (Å²) in [7, 11) is 0. The minimum atomic E-state index is -0.490. The summed E-state index contributed by atoms with van der Waals surface area (Å²) < 4.78 is 12.9. The van der Waals surface area contributed by atoms with Gasteiger partial charge < -0.3 is 20.9 Å². The van der Waals surface area contributed by atoms with Gasteiger partial charge in [-0.3, -0.25) is 14.7 Å². The van der Waals surface area contributed by atoms with Crippen molar-refractivity contribution in [2.45, 2.75) is 6.42 Å². The number of amides is 2. The number of benzene rings is 1. The van der Waals surface area contributed by atoms with Crippen LogP contribution in [-0.4, -0.2) is 59.6 Å². The number of piperazine rings is 1. The number of rotatable bonds is 6. The van der Waals surface area contributed by atoms with Gasteiger partial charge in [-0.05, 0) is 24.3 Å². The lowest BCUT2D eigenvalue weighted by Crippen LogP contribution is -2.44. The Morgan fingerprint density at radius 2 is 1.88 bits per heavy atom. The average Bonchev–Trinajstić information content (AvgIpc) is 3.11. The Labute approximate surface area is 150 Å². The van der Waals surface area contributed by atoms with Crippen LogP contribution < -0.4 is 16.0 Å². The Balaban J connectivity index is 1.54. The number of aromatic amines is 1. The molecule has 1 aliphatic rings. The minimum Gasteiger partial charge on any atom is -0.323 e. The molecular formula is C17H21FN6O2. The lowest BCUT2D eigenvalue weighted by molar-refractivity contribution is -0.116. The van der Waals surface area contributed by atoms with E-state index in [1.165, 1.54) is 30.5 Å². The molecule has 9 heteroatoms. The molecule has 0 bridgehead atoms. The predicted molar refractivity (Wildman–Crippen MR) is 95.5 cm³/mol. The largest absolute Gasteiger partial charge is 0.323 e. The first-order chi connectivity index (χ1) is 12.6. The van der Waals surface area contributed by atoms with Crippen LogP contribution in [0.15, 0.2) is 30.5 Å². The van der Waals surface area contributed by atoms with Gasteiger partial charge in [0, 0.05) is 51.0 Å². The monoisotopic (exact) mass is 360 g/mol. The van der Waals surface area contributed by atoms with Crippen LogP contribution in [0.3, 0.4) is 0 Å². The molecule has 1 fully saturated rings. The van der Waals surface area contributed by atoms with Gasteiger partial charge >= 0.3 is 0 Å². The van der Waals surface area contributed by atoms with Gasteiger partial charge in [0.15, 0.2) is 5.69 Å². The maximum atomic E-state index is 12.9. The number of H-pyrrole nitrogens is 1. The molecule has 0 spiro atoms. The fourth-order valence-electron chi connectivity index (χ4n) is 2.69. The molecule has 1 aliphatic heterocycles. The van der Waals surface area contributed by atoms with E-state index in [0.717, 1.165) is 26.2 Å². The summed E-state index contributed by atoms with van der Waals surface area (Å²) in [5, 5.41) is 15.1. The lowest BCUT2D eigenvalue weighted by atomic mass is 10.2. The molecule has 0 atom stereocenters. The number of halogens is 1. The maximum Gasteiger partial charge on any atom is 0.278 e. The van der Waals surface area contributed by atoms with Gasteiger partial charge in [-0.1, -0.05) is 0 Å². The second-order valence-electron chi connectivity index (χ2n) is 6.00. The molecule has 0 unspecified atom stereocenters. The van der Waals surface area contributed by atoms with Crippen LogP contribution in [-0.2, 0) is 4.79 Å². The fourth-order valence-corrected chi connectivity index (χ4v) is 2.69. The molecule has 8 nitrogen and oxygen atoms in total. The number of nitrogens with zero attached hydrogens (tertiary/aromatic N) is 2. The van der Waals surface area contributed by atoms with E-state index in [-0.39, 0.29) is 17.4 Å². The van der Waals surface area contributed by atoms with Gasteiger partial charge in [0.25, 0.3) is 5.91 Å². The molecule has 4 N–H and O–H groups in total. The normalized spacial score (nSPS) is 14.8. The zero-order valence-corrected chi connectivity index (χ0v) is 14.2. The average molecular weight is 360 g/mol. The van der Waals surface area contributed by atoms with Gasteiger partial charge in [0.1, 0.15) is 5.82 Å². The standard InChI is InChI=1S/C17H21FN6O2/c18-12-1-3-13(4-2-12)21-17(26)16-14(11-20-23-16)22-15(25)5-8-24-9-6-19-7-10-24/h1-4,11,19H,5-10H2,(H,20,23)(H,21,26)(H,22,25). The van der Waals surface area contributed by atoms with Crippen molar-refractivity contribution < 1.29 is 14.0 Å². The van der Waals surface area contributed by atoms with Crippen molar-refractivity contribution in [2.75, 3.05) is 43.4 Å². The number of carbonyl (C=O) groups is 2. The first-order valence-electron chi connectivity index (χ1n) is 8.45. The Bertz CT molecular complexity index is 755. The molecule has 1 aromatic carbocycles. The van der Waals surface area contributed by atoms with Crippen molar-refractivity contribution in [1.82, 2.24) is 20.4 Å². The van der Waals surface area contributed by atoms with E-state index in [9.17, 15) is 14.0 Å². The van der Waals surface area contributed by atoms with Crippen LogP contribution in [0.4, 0.5) is 15.8 Å². The van der Waals surface area contributed by atoms with Crippen molar-refractivity contribution >= 4 is 23.2 Å². The van der Waals surface area contributed by atoms with E-state index >= 15 is 0 Å². The molecule has 3 rings (SSSR count). The smallest absolute Gasteiger partial charge is 0.278 e. The van der Waals surface area contributed by atoms with E-state index < -0.39 is 5.91 Å². The van der Waals surface area contributed by atoms with Gasteiger partial charge in [-0.15, -0.1) is 0 Å². The molecule has 1 aromatic heterocycles. The topological polar surface area (TPSA) is 102 Å². The summed E-state index contributed by atoms with van der Waals surface area (Å²) in [6.45, 7) is 4.37. The first kappa shape index (κ1) is 18.0. The molecule has 1 saturated heterocycles. The van der Waals surface area contributed by atoms with Crippen molar-refractivity contribution in [3.63, 3.8) is 0 Å². The summed E-state index contributed by atoms with van der Waals surface area (Å²) in [6.07, 6.45) is 1.80. The fraction of sp³-hybridized carbons (Fsp3) is 0.353. The molecule has 0 aliphatic carbocycles. The molecule has 2 amide bonds. The molecule has 26 heavy (non-hydrogen) atoms. The van der Waals surface area contributed by atoms with E-state index in [1.807, 2.05) is 0 Å². The number of nitrogens with one attached hydrogen (secondary N) is 4. The third-order valence-electron chi connectivity index (χ3n) is 4.10. The van der Waals surface area contributed by atoms with Crippen LogP contribution in [0.25, 0.3) is 0 Å². The third kappa shape index (κ3) is 4.87. The van der Waals surface area contributed by atoms with E-state index in [1.54, 1.807) is 0 Å². The van der Waals surface area contributed by atoms with Crippen LogP contribution >= 0.6 is 0 Å². The highest BCUT2D eigenvalue weighted by molar-refractivity contribution is 6.08. The molecule has 0 radical (unpaired) electrons. The number of carbonyl (C=O) groups excluding carboxylic acids is 2. The third-order valence-corrected chi connectivity index (χ3v) is 4.10. The molecule has 2 aromatic rings. The van der Waals surface area contributed by atoms with E-state index in [0.29, 0.717) is 24.3 Å². The Morgan fingerprint density at radius 3 is 2.62 bits per heavy atom. The van der Waals surface area contributed by atoms with Crippen molar-refractivity contribution in [3.05, 3.63) is 42.0 Å². The summed E-state index contributed by atoms with van der Waals surface area (Å²) in [6, 6.07) is 5.40. The quantitative estimate of drug-likeness (QED) is 0.616. The Hall–Kier alpha value is -2.78. The van der Waals surface area contributed by atoms with Gasteiger partial charge in [-0.25, -0.2) is 4.39 Å². The van der Waals surface area contributed by atoms with Crippen molar-refractivity contribution in [3.8, 4) is 0 Å². The van der Waals surface area contributed by atoms with Crippen LogP contribution in [0, 0.1) is 5.82 Å². The van der Waals surface area contributed by atoms with Crippen molar-refractivity contribution in [2.24, 2.45) is 0 Å². The first-order valence-corrected chi connectivity index (χ1v) is 8.45. The van der Waals surface area contributed by atoms with Crippen LogP contribution in [0.1, 0.15) is 16.9 Å². The van der Waals surface area contributed by atoms with E-state index in [2.05, 4.69) is 31.0 Å². The van der Waals surface area contributed by atoms with E-state index in [4.69, 9.17) is 0 Å². The van der Waals surface area contributed by atoms with Gasteiger partial charge in [-0.2, -0.15) is 5.10 Å². The van der Waals surface area contributed by atoms with Gasteiger partial charge in [0.2, 0.25) is 5.91 Å². The molecule has 138 valence electrons. The summed E-state index contributed by atoms with van der Waals surface area (Å²) in [5.74, 6) is -1.06. The predicted octanol–water partition coefficient (Wildman–Crippen LogP) is 1.03. The second-order valence-corrected chi connectivity index (χ2v) is 6.00. The van der Waals surface area contributed by atoms with Crippen molar-refractivity contribution in [1.29, 1.82) is 0 Å². The molecule has 0 saturated carbocycles. The highest BCUT2D eigenvalue weighted by Gasteiger charge is 2.18. The van der Waals surface area contributed by atoms with Crippen LogP contribution in [0.2, 0.25) is 0 Å². The number of aromatic nitrogens is 2. The van der Waals surface area contributed by atoms with Gasteiger partial charge in [0.05, 0.1) is 5.69 Å². The molecule has 2 heterocycles. The zero-order valence-electron chi connectivity index (χ0n) is 14.2. The number of hydrogen-bond donors (Lipinski definition) is 4. The molecular weight excluding hydrogens is 339 g/mol. The highest BCUT2D eigenvalue weighted by Crippen LogP contribution is 2.15. The Kier molecular flexibility index (Phi) is 5.92. The number of hydrogen-bond acceptors (Lipinski definition) is 5. The second kappa shape index (κ2) is 8.54.